The van der Waals surface area contributed by atoms with Crippen molar-refractivity contribution in [1.82, 2.24) is 20.1 Å². The van der Waals surface area contributed by atoms with Gasteiger partial charge in [0.1, 0.15) is 11.6 Å². The predicted molar refractivity (Wildman–Crippen MR) is 104 cm³/mol. The molecule has 2 N–H and O–H groups in total. The second-order valence-electron chi connectivity index (χ2n) is 7.31. The van der Waals surface area contributed by atoms with Gasteiger partial charge in [-0.2, -0.15) is 5.10 Å². The number of carbonyl (C=O) groups is 2. The minimum atomic E-state index is -0.507. The maximum atomic E-state index is 12.6. The van der Waals surface area contributed by atoms with Crippen LogP contribution in [0.1, 0.15) is 37.3 Å². The van der Waals surface area contributed by atoms with E-state index in [9.17, 15) is 9.59 Å². The minimum absolute atomic E-state index is 0.111. The number of nitrogens with zero attached hydrogens (tertiary/aromatic N) is 4. The van der Waals surface area contributed by atoms with E-state index in [1.165, 1.54) is 0 Å². The van der Waals surface area contributed by atoms with E-state index in [2.05, 4.69) is 20.5 Å². The number of amides is 3. The van der Waals surface area contributed by atoms with E-state index in [4.69, 9.17) is 4.74 Å². The third kappa shape index (κ3) is 3.39. The van der Waals surface area contributed by atoms with Crippen LogP contribution in [0.15, 0.2) is 18.2 Å². The third-order valence-electron chi connectivity index (χ3n) is 5.32. The smallest absolute Gasteiger partial charge is 0.321 e. The van der Waals surface area contributed by atoms with Crippen LogP contribution in [0.5, 0.6) is 5.75 Å². The van der Waals surface area contributed by atoms with Gasteiger partial charge in [0.25, 0.3) is 5.91 Å². The van der Waals surface area contributed by atoms with E-state index >= 15 is 0 Å². The van der Waals surface area contributed by atoms with Gasteiger partial charge < -0.3 is 19.9 Å². The average molecular weight is 384 g/mol. The molecule has 1 aromatic carbocycles. The number of H-pyrrole nitrogens is 1. The molecule has 2 aliphatic rings. The molecule has 0 aliphatic carbocycles. The molecule has 3 amide bonds. The summed E-state index contributed by atoms with van der Waals surface area (Å²) < 4.78 is 5.62. The lowest BCUT2D eigenvalue weighted by Crippen LogP contribution is -2.42. The maximum absolute atomic E-state index is 12.6. The normalized spacial score (nSPS) is 20.0. The highest BCUT2D eigenvalue weighted by Gasteiger charge is 2.30. The van der Waals surface area contributed by atoms with Gasteiger partial charge in [-0.25, -0.2) is 9.78 Å². The molecule has 0 unspecified atom stereocenters. The molecule has 1 fully saturated rings. The molecule has 28 heavy (non-hydrogen) atoms. The fourth-order valence-electron chi connectivity index (χ4n) is 3.68. The molecule has 1 aromatic heterocycles. The number of likely N-dealkylation sites (tertiary alicyclic amines) is 1. The van der Waals surface area contributed by atoms with Crippen molar-refractivity contribution in [2.24, 2.45) is 0 Å². The van der Waals surface area contributed by atoms with Gasteiger partial charge in [0, 0.05) is 31.7 Å². The molecule has 0 bridgehead atoms. The van der Waals surface area contributed by atoms with Gasteiger partial charge in [0.05, 0.1) is 5.69 Å². The molecular formula is C19H24N6O3. The summed E-state index contributed by atoms with van der Waals surface area (Å²) in [4.78, 5) is 32.5. The number of nitrogens with one attached hydrogen (secondary N) is 2. The van der Waals surface area contributed by atoms with E-state index in [0.717, 1.165) is 24.5 Å². The fraction of sp³-hybridized carbons (Fsp3) is 0.474. The minimum Gasteiger partial charge on any atom is -0.479 e. The molecule has 148 valence electrons. The van der Waals surface area contributed by atoms with Crippen LogP contribution in [-0.4, -0.2) is 58.3 Å². The summed E-state index contributed by atoms with van der Waals surface area (Å²) in [5, 5.41) is 10.0. The molecule has 2 aliphatic heterocycles. The lowest BCUT2D eigenvalue weighted by Gasteiger charge is -2.32. The molecule has 1 atom stereocenters. The van der Waals surface area contributed by atoms with Gasteiger partial charge in [0.2, 0.25) is 0 Å². The van der Waals surface area contributed by atoms with Crippen LogP contribution in [0.4, 0.5) is 16.2 Å². The molecule has 0 saturated carbocycles. The average Bonchev–Trinajstić information content (AvgIpc) is 3.13. The van der Waals surface area contributed by atoms with Crippen LogP contribution < -0.4 is 15.0 Å². The highest BCUT2D eigenvalue weighted by molar-refractivity contribution is 6.00. The first-order valence-electron chi connectivity index (χ1n) is 9.45. The van der Waals surface area contributed by atoms with Crippen LogP contribution in [0.2, 0.25) is 0 Å². The second-order valence-corrected chi connectivity index (χ2v) is 7.31. The molecule has 1 saturated heterocycles. The number of rotatable bonds is 2. The Morgan fingerprint density at radius 3 is 2.75 bits per heavy atom. The lowest BCUT2D eigenvalue weighted by molar-refractivity contribution is -0.125. The fourth-order valence-corrected chi connectivity index (χ4v) is 3.68. The topological polar surface area (TPSA) is 103 Å². The third-order valence-corrected chi connectivity index (χ3v) is 5.32. The predicted octanol–water partition coefficient (Wildman–Crippen LogP) is 2.27. The molecule has 4 rings (SSSR count). The number of urea groups is 1. The number of ether oxygens (including phenoxy) is 1. The first-order valence-corrected chi connectivity index (χ1v) is 9.45. The van der Waals surface area contributed by atoms with Crippen molar-refractivity contribution >= 4 is 23.3 Å². The number of anilines is 2. The number of likely N-dealkylation sites (N-methyl/N-ethyl adjacent to an activating group) is 1. The van der Waals surface area contributed by atoms with Crippen molar-refractivity contribution in [3.05, 3.63) is 29.8 Å². The summed E-state index contributed by atoms with van der Waals surface area (Å²) in [6.45, 7) is 4.90. The van der Waals surface area contributed by atoms with Gasteiger partial charge in [-0.1, -0.05) is 0 Å². The van der Waals surface area contributed by atoms with Crippen LogP contribution >= 0.6 is 0 Å². The number of fused-ring (bicyclic) bond motifs is 1. The van der Waals surface area contributed by atoms with E-state index in [1.807, 2.05) is 6.92 Å². The zero-order valence-corrected chi connectivity index (χ0v) is 16.2. The van der Waals surface area contributed by atoms with Gasteiger partial charge in [0.15, 0.2) is 11.9 Å². The summed E-state index contributed by atoms with van der Waals surface area (Å²) >= 11 is 0. The lowest BCUT2D eigenvalue weighted by atomic mass is 9.96. The summed E-state index contributed by atoms with van der Waals surface area (Å²) in [5.74, 6) is 2.44. The number of hydrogen-bond acceptors (Lipinski definition) is 5. The van der Waals surface area contributed by atoms with Gasteiger partial charge in [-0.15, -0.1) is 0 Å². The van der Waals surface area contributed by atoms with Crippen molar-refractivity contribution < 1.29 is 14.3 Å². The largest absolute Gasteiger partial charge is 0.479 e. The number of benzene rings is 1. The number of aryl methyl sites for hydroxylation is 1. The molecule has 0 radical (unpaired) electrons. The van der Waals surface area contributed by atoms with Crippen LogP contribution in [0.25, 0.3) is 0 Å². The standard InChI is InChI=1S/C19H24N6O3/c1-11-18(26)24(3)15-10-14(4-5-16(15)28-11)21-19(27)25-8-6-13(7-9-25)17-20-12(2)22-23-17/h4-5,10-11,13H,6-9H2,1-3H3,(H,21,27)(H,20,22,23)/t11-/m0/s1. The molecule has 2 aromatic rings. The quantitative estimate of drug-likeness (QED) is 0.827. The molecule has 9 nitrogen and oxygen atoms in total. The van der Waals surface area contributed by atoms with E-state index in [-0.39, 0.29) is 17.9 Å². The second kappa shape index (κ2) is 7.14. The summed E-state index contributed by atoms with van der Waals surface area (Å²) in [5.41, 5.74) is 1.29. The Morgan fingerprint density at radius 2 is 2.07 bits per heavy atom. The number of piperidine rings is 1. The molecule has 3 heterocycles. The number of carbonyl (C=O) groups excluding carboxylic acids is 2. The monoisotopic (exact) mass is 384 g/mol. The number of hydrogen-bond donors (Lipinski definition) is 2. The SMILES string of the molecule is Cc1nc(C2CCN(C(=O)Nc3ccc4c(c3)N(C)C(=O)[C@H](C)O4)CC2)n[nH]1. The van der Waals surface area contributed by atoms with E-state index in [1.54, 1.807) is 42.0 Å². The van der Waals surface area contributed by atoms with Crippen molar-refractivity contribution in [2.75, 3.05) is 30.4 Å². The Labute approximate surface area is 163 Å². The molecule has 0 spiro atoms. The first-order chi connectivity index (χ1) is 13.4. The van der Waals surface area contributed by atoms with Gasteiger partial charge >= 0.3 is 6.03 Å². The van der Waals surface area contributed by atoms with Gasteiger partial charge in [-0.3, -0.25) is 9.89 Å². The highest BCUT2D eigenvalue weighted by Crippen LogP contribution is 2.35. The Hall–Kier alpha value is -3.10. The molecule has 9 heteroatoms. The van der Waals surface area contributed by atoms with E-state index < -0.39 is 6.10 Å². The van der Waals surface area contributed by atoms with Crippen LogP contribution in [0.3, 0.4) is 0 Å². The summed E-state index contributed by atoms with van der Waals surface area (Å²) in [6.07, 6.45) is 1.16. The van der Waals surface area contributed by atoms with E-state index in [0.29, 0.717) is 30.2 Å². The Bertz CT molecular complexity index is 903. The Morgan fingerprint density at radius 1 is 1.32 bits per heavy atom. The zero-order chi connectivity index (χ0) is 19.8. The van der Waals surface area contributed by atoms with Crippen LogP contribution in [-0.2, 0) is 4.79 Å². The first kappa shape index (κ1) is 18.3. The number of aromatic amines is 1. The Kier molecular flexibility index (Phi) is 4.66. The maximum Gasteiger partial charge on any atom is 0.321 e. The van der Waals surface area contributed by atoms with Crippen LogP contribution in [0, 0.1) is 6.92 Å². The summed E-state index contributed by atoms with van der Waals surface area (Å²) in [7, 11) is 1.71. The Balaban J connectivity index is 1.39. The van der Waals surface area contributed by atoms with Crippen molar-refractivity contribution in [1.29, 1.82) is 0 Å². The van der Waals surface area contributed by atoms with Crippen molar-refractivity contribution in [3.63, 3.8) is 0 Å². The van der Waals surface area contributed by atoms with Crippen molar-refractivity contribution in [2.45, 2.75) is 38.7 Å². The molecular weight excluding hydrogens is 360 g/mol. The van der Waals surface area contributed by atoms with Crippen molar-refractivity contribution in [3.8, 4) is 5.75 Å². The highest BCUT2D eigenvalue weighted by atomic mass is 16.5. The number of aromatic nitrogens is 3. The van der Waals surface area contributed by atoms with Gasteiger partial charge in [-0.05, 0) is 44.9 Å². The zero-order valence-electron chi connectivity index (χ0n) is 16.2. The summed E-state index contributed by atoms with van der Waals surface area (Å²) in [6, 6.07) is 5.18.